The third-order valence-electron chi connectivity index (χ3n) is 5.88. The lowest BCUT2D eigenvalue weighted by molar-refractivity contribution is -0.122. The van der Waals surface area contributed by atoms with Crippen LogP contribution in [0.5, 0.6) is 0 Å². The van der Waals surface area contributed by atoms with Crippen molar-refractivity contribution in [3.8, 4) is 0 Å². The summed E-state index contributed by atoms with van der Waals surface area (Å²) in [5.41, 5.74) is 3.85. The number of thiophene rings is 1. The number of hydrogen-bond acceptors (Lipinski definition) is 4. The normalized spacial score (nSPS) is 16.1. The molecule has 0 aliphatic heterocycles. The Morgan fingerprint density at radius 2 is 2.10 bits per heavy atom. The summed E-state index contributed by atoms with van der Waals surface area (Å²) in [7, 11) is 0. The molecule has 1 N–H and O–H groups in total. The number of carbonyl (C=O) groups is 1. The molecule has 0 unspecified atom stereocenters. The first-order chi connectivity index (χ1) is 14.5. The second-order valence-electron chi connectivity index (χ2n) is 7.92. The van der Waals surface area contributed by atoms with Crippen LogP contribution in [0.4, 0.5) is 0 Å². The molecule has 0 fully saturated rings. The fourth-order valence-electron chi connectivity index (χ4n) is 4.53. The Labute approximate surface area is 178 Å². The third kappa shape index (κ3) is 3.13. The number of hydrogen-bond donors (Lipinski definition) is 1. The Hall–Kier alpha value is -2.93. The zero-order chi connectivity index (χ0) is 20.8. The Bertz CT molecular complexity index is 1330. The topological polar surface area (TPSA) is 68.4 Å². The molecule has 7 heteroatoms. The van der Waals surface area contributed by atoms with Gasteiger partial charge in [-0.25, -0.2) is 4.68 Å². The van der Waals surface area contributed by atoms with Crippen molar-refractivity contribution in [2.75, 3.05) is 0 Å². The second-order valence-corrected chi connectivity index (χ2v) is 9.20. The molecule has 3 aromatic heterocycles. The van der Waals surface area contributed by atoms with Crippen LogP contribution in [0.1, 0.15) is 47.6 Å². The van der Waals surface area contributed by atoms with E-state index in [0.29, 0.717) is 11.9 Å². The van der Waals surface area contributed by atoms with Crippen molar-refractivity contribution >= 4 is 33.0 Å². The van der Waals surface area contributed by atoms with Gasteiger partial charge in [-0.1, -0.05) is 31.2 Å². The Kier molecular flexibility index (Phi) is 4.70. The first kappa shape index (κ1) is 19.1. The summed E-state index contributed by atoms with van der Waals surface area (Å²) >= 11 is 1.67. The molecule has 1 atom stereocenters. The summed E-state index contributed by atoms with van der Waals surface area (Å²) in [5, 5.41) is 7.66. The van der Waals surface area contributed by atoms with Crippen LogP contribution < -0.4 is 10.9 Å². The minimum atomic E-state index is -0.229. The van der Waals surface area contributed by atoms with E-state index < -0.39 is 0 Å². The van der Waals surface area contributed by atoms with Gasteiger partial charge in [0.1, 0.15) is 17.9 Å². The van der Waals surface area contributed by atoms with Gasteiger partial charge < -0.3 is 5.32 Å². The number of aryl methyl sites for hydroxylation is 3. The van der Waals surface area contributed by atoms with Gasteiger partial charge in [0.15, 0.2) is 0 Å². The van der Waals surface area contributed by atoms with E-state index in [1.165, 1.54) is 20.7 Å². The lowest BCUT2D eigenvalue weighted by Crippen LogP contribution is -2.37. The fraction of sp³-hybridized carbons (Fsp3) is 0.348. The maximum atomic E-state index is 13.1. The van der Waals surface area contributed by atoms with Crippen LogP contribution >= 0.6 is 11.3 Å². The maximum Gasteiger partial charge on any atom is 0.291 e. The first-order valence-corrected chi connectivity index (χ1v) is 11.3. The summed E-state index contributed by atoms with van der Waals surface area (Å²) in [6, 6.07) is 12.3. The number of nitrogens with zero attached hydrogens (tertiary/aromatic N) is 3. The van der Waals surface area contributed by atoms with Crippen molar-refractivity contribution in [3.63, 3.8) is 0 Å². The highest BCUT2D eigenvalue weighted by atomic mass is 32.1. The predicted molar refractivity (Wildman–Crippen MR) is 119 cm³/mol. The quantitative estimate of drug-likeness (QED) is 0.546. The molecule has 0 radical (unpaired) electrons. The van der Waals surface area contributed by atoms with Crippen LogP contribution in [-0.4, -0.2) is 20.1 Å². The highest BCUT2D eigenvalue weighted by Crippen LogP contribution is 2.30. The van der Waals surface area contributed by atoms with Crippen LogP contribution in [0.25, 0.3) is 15.7 Å². The minimum Gasteiger partial charge on any atom is -0.348 e. The van der Waals surface area contributed by atoms with Crippen LogP contribution in [-0.2, 0) is 24.2 Å². The number of benzene rings is 1. The third-order valence-corrected chi connectivity index (χ3v) is 6.86. The van der Waals surface area contributed by atoms with E-state index in [9.17, 15) is 9.59 Å². The Balaban J connectivity index is 1.46. The van der Waals surface area contributed by atoms with Crippen molar-refractivity contribution in [1.29, 1.82) is 0 Å². The van der Waals surface area contributed by atoms with Gasteiger partial charge in [-0.05, 0) is 49.4 Å². The smallest absolute Gasteiger partial charge is 0.291 e. The van der Waals surface area contributed by atoms with E-state index >= 15 is 0 Å². The maximum absolute atomic E-state index is 13.1. The number of rotatable bonds is 4. The lowest BCUT2D eigenvalue weighted by Gasteiger charge is -2.26. The molecule has 1 aliphatic carbocycles. The van der Waals surface area contributed by atoms with Crippen LogP contribution in [0, 0.1) is 6.92 Å². The van der Waals surface area contributed by atoms with Crippen LogP contribution in [0.15, 0.2) is 41.2 Å². The van der Waals surface area contributed by atoms with Gasteiger partial charge in [0, 0.05) is 11.3 Å². The largest absolute Gasteiger partial charge is 0.348 e. The zero-order valence-electron chi connectivity index (χ0n) is 17.1. The predicted octanol–water partition coefficient (Wildman–Crippen LogP) is 3.78. The monoisotopic (exact) mass is 420 g/mol. The average molecular weight is 421 g/mol. The van der Waals surface area contributed by atoms with Gasteiger partial charge in [-0.2, -0.15) is 5.10 Å². The highest BCUT2D eigenvalue weighted by molar-refractivity contribution is 7.19. The molecule has 1 aliphatic rings. The van der Waals surface area contributed by atoms with Crippen molar-refractivity contribution in [2.24, 2.45) is 0 Å². The molecule has 1 amide bonds. The van der Waals surface area contributed by atoms with Crippen molar-refractivity contribution in [3.05, 3.63) is 68.6 Å². The lowest BCUT2D eigenvalue weighted by atomic mass is 9.88. The molecular weight excluding hydrogens is 396 g/mol. The molecule has 154 valence electrons. The van der Waals surface area contributed by atoms with E-state index in [0.717, 1.165) is 35.3 Å². The van der Waals surface area contributed by atoms with E-state index in [1.807, 2.05) is 29.5 Å². The van der Waals surface area contributed by atoms with Crippen molar-refractivity contribution in [1.82, 2.24) is 19.5 Å². The molecule has 1 aromatic carbocycles. The van der Waals surface area contributed by atoms with Crippen LogP contribution in [0.2, 0.25) is 0 Å². The van der Waals surface area contributed by atoms with Gasteiger partial charge in [0.25, 0.3) is 5.56 Å². The highest BCUT2D eigenvalue weighted by Gasteiger charge is 2.22. The molecule has 30 heavy (non-hydrogen) atoms. The second kappa shape index (κ2) is 7.40. The first-order valence-electron chi connectivity index (χ1n) is 10.4. The van der Waals surface area contributed by atoms with E-state index in [1.54, 1.807) is 11.3 Å². The summed E-state index contributed by atoms with van der Waals surface area (Å²) in [4.78, 5) is 27.1. The number of carbonyl (C=O) groups excluding carboxylic acids is 1. The summed E-state index contributed by atoms with van der Waals surface area (Å²) in [5.74, 6) is 0.607. The molecule has 6 nitrogen and oxygen atoms in total. The van der Waals surface area contributed by atoms with Gasteiger partial charge >= 0.3 is 0 Å². The summed E-state index contributed by atoms with van der Waals surface area (Å²) in [6.45, 7) is 4.00. The van der Waals surface area contributed by atoms with E-state index in [-0.39, 0.29) is 24.1 Å². The molecule has 0 spiro atoms. The molecule has 5 rings (SSSR count). The van der Waals surface area contributed by atoms with Gasteiger partial charge in [-0.3, -0.25) is 14.0 Å². The van der Waals surface area contributed by atoms with Gasteiger partial charge in [0.05, 0.1) is 16.3 Å². The fourth-order valence-corrected chi connectivity index (χ4v) is 5.47. The number of amides is 1. The van der Waals surface area contributed by atoms with Gasteiger partial charge in [0.2, 0.25) is 5.91 Å². The number of nitrogens with one attached hydrogen (secondary N) is 1. The van der Waals surface area contributed by atoms with Crippen molar-refractivity contribution < 1.29 is 4.79 Å². The molecule has 0 saturated carbocycles. The number of fused-ring (bicyclic) bond motifs is 4. The van der Waals surface area contributed by atoms with E-state index in [4.69, 9.17) is 0 Å². The molecule has 0 bridgehead atoms. The zero-order valence-corrected chi connectivity index (χ0v) is 18.0. The minimum absolute atomic E-state index is 0.00542. The molecule has 0 saturated heterocycles. The number of aromatic nitrogens is 3. The molecule has 3 heterocycles. The molecular formula is C23H24N4O2S. The molecule has 4 aromatic rings. The Morgan fingerprint density at radius 1 is 1.27 bits per heavy atom. The summed E-state index contributed by atoms with van der Waals surface area (Å²) < 4.78 is 4.32. The Morgan fingerprint density at radius 3 is 2.93 bits per heavy atom. The standard InChI is InChI=1S/C23H24N4O2S/c1-3-21-25-26(23(29)19-12-20-18(27(19)21)11-14(2)30-20)13-22(28)24-17-10-6-8-15-7-4-5-9-16(15)17/h4-5,7,9,11-12,17H,3,6,8,10,13H2,1-2H3,(H,24,28)/t17-/m0/s1. The van der Waals surface area contributed by atoms with Crippen molar-refractivity contribution in [2.45, 2.75) is 52.1 Å². The SMILES string of the molecule is CCc1nn(CC(=O)N[C@H]2CCCc3ccccc32)c(=O)c2cc3sc(C)cc3n12. The van der Waals surface area contributed by atoms with Crippen LogP contribution in [0.3, 0.4) is 0 Å². The van der Waals surface area contributed by atoms with E-state index in [2.05, 4.69) is 35.5 Å². The summed E-state index contributed by atoms with van der Waals surface area (Å²) in [6.07, 6.45) is 3.68. The van der Waals surface area contributed by atoms with Gasteiger partial charge in [-0.15, -0.1) is 11.3 Å². The average Bonchev–Trinajstić information content (AvgIpc) is 3.27.